The van der Waals surface area contributed by atoms with Gasteiger partial charge in [-0.1, -0.05) is 37.6 Å². The summed E-state index contributed by atoms with van der Waals surface area (Å²) in [5, 5.41) is 5.62. The summed E-state index contributed by atoms with van der Waals surface area (Å²) in [7, 11) is 1.62. The average Bonchev–Trinajstić information content (AvgIpc) is 3.14. The van der Waals surface area contributed by atoms with Gasteiger partial charge in [0.1, 0.15) is 11.8 Å². The summed E-state index contributed by atoms with van der Waals surface area (Å²) in [5.74, 6) is 0.732. The molecule has 0 saturated heterocycles. The third kappa shape index (κ3) is 5.57. The summed E-state index contributed by atoms with van der Waals surface area (Å²) in [4.78, 5) is 32.5. The number of aryl methyl sites for hydroxylation is 1. The second-order valence-electron chi connectivity index (χ2n) is 6.85. The molecule has 0 aliphatic rings. The number of imidazole rings is 1. The number of hydrogen-bond donors (Lipinski definition) is 3. The first kappa shape index (κ1) is 20.4. The molecule has 0 radical (unpaired) electrons. The number of benzene rings is 2. The van der Waals surface area contributed by atoms with Gasteiger partial charge < -0.3 is 15.0 Å². The summed E-state index contributed by atoms with van der Waals surface area (Å²) in [6.45, 7) is 1.98. The smallest absolute Gasteiger partial charge is 0.249 e. The Morgan fingerprint density at radius 3 is 2.59 bits per heavy atom. The SMILES string of the molecule is CCC[C@@H](NC(=O)CCc1ccc(OC)cc1)C(=O)Nc1nc2ccccc2[nH]1. The zero-order chi connectivity index (χ0) is 20.6. The van der Waals surface area contributed by atoms with Crippen molar-refractivity contribution in [2.45, 2.75) is 38.6 Å². The number of nitrogens with one attached hydrogen (secondary N) is 3. The first-order chi connectivity index (χ1) is 14.1. The van der Waals surface area contributed by atoms with Crippen molar-refractivity contribution in [1.82, 2.24) is 15.3 Å². The number of aromatic nitrogens is 2. The molecule has 1 heterocycles. The van der Waals surface area contributed by atoms with Gasteiger partial charge in [-0.15, -0.1) is 0 Å². The van der Waals surface area contributed by atoms with Gasteiger partial charge in [0.05, 0.1) is 18.1 Å². The Morgan fingerprint density at radius 1 is 1.14 bits per heavy atom. The molecule has 0 bridgehead atoms. The van der Waals surface area contributed by atoms with E-state index in [4.69, 9.17) is 4.74 Å². The number of anilines is 1. The highest BCUT2D eigenvalue weighted by molar-refractivity contribution is 5.97. The minimum atomic E-state index is -0.600. The predicted molar refractivity (Wildman–Crippen MR) is 113 cm³/mol. The van der Waals surface area contributed by atoms with E-state index in [2.05, 4.69) is 20.6 Å². The highest BCUT2D eigenvalue weighted by Crippen LogP contribution is 2.15. The number of ether oxygens (including phenoxy) is 1. The number of carbonyl (C=O) groups excluding carboxylic acids is 2. The van der Waals surface area contributed by atoms with Gasteiger partial charge >= 0.3 is 0 Å². The summed E-state index contributed by atoms with van der Waals surface area (Å²) < 4.78 is 5.14. The Labute approximate surface area is 169 Å². The lowest BCUT2D eigenvalue weighted by Gasteiger charge is -2.17. The van der Waals surface area contributed by atoms with Crippen molar-refractivity contribution in [3.05, 3.63) is 54.1 Å². The van der Waals surface area contributed by atoms with Gasteiger partial charge in [0.25, 0.3) is 0 Å². The molecule has 3 rings (SSSR count). The summed E-state index contributed by atoms with van der Waals surface area (Å²) in [6, 6.07) is 14.5. The summed E-state index contributed by atoms with van der Waals surface area (Å²) in [6.07, 6.45) is 2.24. The molecule has 0 aliphatic heterocycles. The van der Waals surface area contributed by atoms with E-state index in [9.17, 15) is 9.59 Å². The van der Waals surface area contributed by atoms with Gasteiger partial charge in [-0.2, -0.15) is 0 Å². The molecular formula is C22H26N4O3. The molecule has 7 nitrogen and oxygen atoms in total. The van der Waals surface area contributed by atoms with Gasteiger partial charge in [0, 0.05) is 6.42 Å². The fraction of sp³-hybridized carbons (Fsp3) is 0.318. The number of amides is 2. The van der Waals surface area contributed by atoms with Crippen LogP contribution in [-0.2, 0) is 16.0 Å². The third-order valence-corrected chi connectivity index (χ3v) is 4.66. The van der Waals surface area contributed by atoms with Crippen LogP contribution in [0.3, 0.4) is 0 Å². The monoisotopic (exact) mass is 394 g/mol. The number of methoxy groups -OCH3 is 1. The minimum absolute atomic E-state index is 0.154. The predicted octanol–water partition coefficient (Wildman–Crippen LogP) is 3.43. The molecule has 1 atom stereocenters. The summed E-state index contributed by atoms with van der Waals surface area (Å²) in [5.41, 5.74) is 2.66. The Kier molecular flexibility index (Phi) is 6.84. The van der Waals surface area contributed by atoms with E-state index in [-0.39, 0.29) is 11.8 Å². The van der Waals surface area contributed by atoms with Crippen molar-refractivity contribution < 1.29 is 14.3 Å². The third-order valence-electron chi connectivity index (χ3n) is 4.66. The number of para-hydroxylation sites is 2. The van der Waals surface area contributed by atoms with Crippen LogP contribution in [-0.4, -0.2) is 34.9 Å². The van der Waals surface area contributed by atoms with Gasteiger partial charge in [-0.25, -0.2) is 4.98 Å². The zero-order valence-electron chi connectivity index (χ0n) is 16.7. The Morgan fingerprint density at radius 2 is 1.90 bits per heavy atom. The topological polar surface area (TPSA) is 96.1 Å². The molecule has 29 heavy (non-hydrogen) atoms. The maximum atomic E-state index is 12.7. The van der Waals surface area contributed by atoms with E-state index >= 15 is 0 Å². The number of aromatic amines is 1. The molecule has 3 aromatic rings. The number of fused-ring (bicyclic) bond motifs is 1. The molecule has 0 aliphatic carbocycles. The van der Waals surface area contributed by atoms with E-state index in [1.54, 1.807) is 7.11 Å². The maximum Gasteiger partial charge on any atom is 0.249 e. The number of nitrogens with zero attached hydrogens (tertiary/aromatic N) is 1. The highest BCUT2D eigenvalue weighted by Gasteiger charge is 2.21. The fourth-order valence-corrected chi connectivity index (χ4v) is 3.09. The molecular weight excluding hydrogens is 368 g/mol. The van der Waals surface area contributed by atoms with Crippen LogP contribution in [0.25, 0.3) is 11.0 Å². The molecule has 152 valence electrons. The van der Waals surface area contributed by atoms with Crippen LogP contribution in [0.15, 0.2) is 48.5 Å². The first-order valence-corrected chi connectivity index (χ1v) is 9.77. The number of H-pyrrole nitrogens is 1. The Bertz CT molecular complexity index is 933. The van der Waals surface area contributed by atoms with Crippen molar-refractivity contribution in [2.24, 2.45) is 0 Å². The van der Waals surface area contributed by atoms with E-state index in [0.29, 0.717) is 25.2 Å². The second kappa shape index (κ2) is 9.73. The lowest BCUT2D eigenvalue weighted by atomic mass is 10.1. The van der Waals surface area contributed by atoms with Crippen molar-refractivity contribution in [3.63, 3.8) is 0 Å². The van der Waals surface area contributed by atoms with Crippen LogP contribution in [0.4, 0.5) is 5.95 Å². The van der Waals surface area contributed by atoms with Crippen LogP contribution < -0.4 is 15.4 Å². The molecule has 2 amide bonds. The molecule has 3 N–H and O–H groups in total. The number of rotatable bonds is 9. The quantitative estimate of drug-likeness (QED) is 0.518. The molecule has 0 fully saturated rings. The van der Waals surface area contributed by atoms with Crippen molar-refractivity contribution in [2.75, 3.05) is 12.4 Å². The first-order valence-electron chi connectivity index (χ1n) is 9.77. The van der Waals surface area contributed by atoms with Crippen LogP contribution in [0.5, 0.6) is 5.75 Å². The normalized spacial score (nSPS) is 11.8. The molecule has 0 spiro atoms. The van der Waals surface area contributed by atoms with E-state index < -0.39 is 6.04 Å². The molecule has 0 unspecified atom stereocenters. The van der Waals surface area contributed by atoms with E-state index in [1.165, 1.54) is 0 Å². The lowest BCUT2D eigenvalue weighted by Crippen LogP contribution is -2.44. The fourth-order valence-electron chi connectivity index (χ4n) is 3.09. The maximum absolute atomic E-state index is 12.7. The second-order valence-corrected chi connectivity index (χ2v) is 6.85. The molecule has 0 saturated carbocycles. The van der Waals surface area contributed by atoms with E-state index in [1.807, 2.05) is 55.5 Å². The molecule has 1 aromatic heterocycles. The van der Waals surface area contributed by atoms with Gasteiger partial charge in [0.15, 0.2) is 0 Å². The standard InChI is InChI=1S/C22H26N4O3/c1-3-6-19(21(28)26-22-24-17-7-4-5-8-18(17)25-22)23-20(27)14-11-15-9-12-16(29-2)13-10-15/h4-5,7-10,12-13,19H,3,6,11,14H2,1-2H3,(H,23,27)(H2,24,25,26,28)/t19-/m1/s1. The van der Waals surface area contributed by atoms with Crippen LogP contribution in [0.2, 0.25) is 0 Å². The van der Waals surface area contributed by atoms with Crippen molar-refractivity contribution in [1.29, 1.82) is 0 Å². The van der Waals surface area contributed by atoms with Crippen LogP contribution in [0, 0.1) is 0 Å². The van der Waals surface area contributed by atoms with Crippen LogP contribution >= 0.6 is 0 Å². The lowest BCUT2D eigenvalue weighted by molar-refractivity contribution is -0.126. The highest BCUT2D eigenvalue weighted by atomic mass is 16.5. The van der Waals surface area contributed by atoms with Crippen molar-refractivity contribution in [3.8, 4) is 5.75 Å². The van der Waals surface area contributed by atoms with Gasteiger partial charge in [-0.05, 0) is 42.7 Å². The van der Waals surface area contributed by atoms with Gasteiger partial charge in [0.2, 0.25) is 17.8 Å². The number of hydrogen-bond acceptors (Lipinski definition) is 4. The Hall–Kier alpha value is -3.35. The summed E-state index contributed by atoms with van der Waals surface area (Å²) >= 11 is 0. The average molecular weight is 394 g/mol. The van der Waals surface area contributed by atoms with Gasteiger partial charge in [-0.3, -0.25) is 14.9 Å². The largest absolute Gasteiger partial charge is 0.497 e. The number of carbonyl (C=O) groups is 2. The molecule has 7 heteroatoms. The van der Waals surface area contributed by atoms with Crippen molar-refractivity contribution >= 4 is 28.8 Å². The Balaban J connectivity index is 1.56. The zero-order valence-corrected chi connectivity index (χ0v) is 16.7. The molecule has 2 aromatic carbocycles. The van der Waals surface area contributed by atoms with Crippen LogP contribution in [0.1, 0.15) is 31.7 Å². The van der Waals surface area contributed by atoms with E-state index in [0.717, 1.165) is 28.8 Å². The minimum Gasteiger partial charge on any atom is -0.497 e.